The summed E-state index contributed by atoms with van der Waals surface area (Å²) in [5.74, 6) is -1.20. The van der Waals surface area contributed by atoms with Gasteiger partial charge >= 0.3 is 6.09 Å². The van der Waals surface area contributed by atoms with Crippen molar-refractivity contribution >= 4 is 29.5 Å². The molecule has 0 bridgehead atoms. The fraction of sp³-hybridized carbons (Fsp3) is 0.588. The number of hydrogen-bond acceptors (Lipinski definition) is 6. The van der Waals surface area contributed by atoms with E-state index in [9.17, 15) is 14.4 Å². The Morgan fingerprint density at radius 1 is 1.19 bits per heavy atom. The van der Waals surface area contributed by atoms with Crippen LogP contribution in [0, 0.1) is 0 Å². The lowest BCUT2D eigenvalue weighted by Crippen LogP contribution is -2.42. The molecule has 0 aliphatic carbocycles. The number of nitrogens with zero attached hydrogens (tertiary/aromatic N) is 3. The number of rotatable bonds is 3. The van der Waals surface area contributed by atoms with E-state index in [2.05, 4.69) is 21.0 Å². The zero-order valence-electron chi connectivity index (χ0n) is 15.6. The average molecular weight is 398 g/mol. The molecule has 0 unspecified atom stereocenters. The summed E-state index contributed by atoms with van der Waals surface area (Å²) in [6.07, 6.45) is 1.18. The smallest absolute Gasteiger partial charge is 0.410 e. The van der Waals surface area contributed by atoms with Gasteiger partial charge in [-0.05, 0) is 45.7 Å². The maximum atomic E-state index is 12.1. The molecular weight excluding hydrogens is 374 g/mol. The van der Waals surface area contributed by atoms with Gasteiger partial charge in [0.05, 0.1) is 5.69 Å². The third-order valence-electron chi connectivity index (χ3n) is 3.92. The number of piperidine rings is 1. The summed E-state index contributed by atoms with van der Waals surface area (Å²) < 4.78 is 5.38. The lowest BCUT2D eigenvalue weighted by molar-refractivity contribution is -0.119. The molecule has 148 valence electrons. The Labute approximate surface area is 162 Å². The van der Waals surface area contributed by atoms with Crippen molar-refractivity contribution in [1.29, 1.82) is 0 Å². The van der Waals surface area contributed by atoms with E-state index in [1.165, 1.54) is 0 Å². The van der Waals surface area contributed by atoms with Crippen molar-refractivity contribution in [2.75, 3.05) is 19.0 Å². The van der Waals surface area contributed by atoms with Gasteiger partial charge in [-0.3, -0.25) is 20.4 Å². The van der Waals surface area contributed by atoms with Gasteiger partial charge in [0.1, 0.15) is 11.5 Å². The highest BCUT2D eigenvalue weighted by Gasteiger charge is 2.28. The fourth-order valence-corrected chi connectivity index (χ4v) is 2.66. The number of amides is 3. The number of alkyl halides is 1. The predicted octanol–water partition coefficient (Wildman–Crippen LogP) is 1.59. The van der Waals surface area contributed by atoms with Gasteiger partial charge in [0, 0.05) is 19.0 Å². The molecule has 3 amide bonds. The molecule has 0 atom stereocenters. The van der Waals surface area contributed by atoms with Crippen LogP contribution in [0.3, 0.4) is 0 Å². The average Bonchev–Trinajstić information content (AvgIpc) is 2.64. The van der Waals surface area contributed by atoms with Crippen molar-refractivity contribution < 1.29 is 19.1 Å². The van der Waals surface area contributed by atoms with Crippen molar-refractivity contribution in [3.05, 3.63) is 23.5 Å². The van der Waals surface area contributed by atoms with Gasteiger partial charge in [-0.1, -0.05) is 0 Å². The molecule has 1 aliphatic heterocycles. The van der Waals surface area contributed by atoms with E-state index in [1.807, 2.05) is 20.8 Å². The maximum absolute atomic E-state index is 12.1. The summed E-state index contributed by atoms with van der Waals surface area (Å²) in [5, 5.41) is 8.02. The first-order valence-electron chi connectivity index (χ1n) is 8.66. The third-order valence-corrected chi connectivity index (χ3v) is 4.16. The van der Waals surface area contributed by atoms with E-state index in [4.69, 9.17) is 16.3 Å². The Morgan fingerprint density at radius 2 is 1.85 bits per heavy atom. The molecule has 1 saturated heterocycles. The largest absolute Gasteiger partial charge is 0.444 e. The van der Waals surface area contributed by atoms with Crippen LogP contribution < -0.4 is 10.9 Å². The minimum atomic E-state index is -0.577. The molecule has 1 aromatic heterocycles. The Hall–Kier alpha value is -2.42. The van der Waals surface area contributed by atoms with E-state index in [0.29, 0.717) is 13.1 Å². The van der Waals surface area contributed by atoms with Gasteiger partial charge in [0.15, 0.2) is 5.69 Å². The monoisotopic (exact) mass is 397 g/mol. The number of aromatic nitrogens is 2. The first kappa shape index (κ1) is 20.9. The summed E-state index contributed by atoms with van der Waals surface area (Å²) in [4.78, 5) is 36.7. The van der Waals surface area contributed by atoms with Crippen LogP contribution in [0.4, 0.5) is 4.79 Å². The van der Waals surface area contributed by atoms with Crippen molar-refractivity contribution in [2.24, 2.45) is 0 Å². The van der Waals surface area contributed by atoms with E-state index in [1.54, 1.807) is 17.0 Å². The number of hydrogen-bond donors (Lipinski definition) is 2. The maximum Gasteiger partial charge on any atom is 0.410 e. The topological polar surface area (TPSA) is 114 Å². The Kier molecular flexibility index (Phi) is 6.95. The third kappa shape index (κ3) is 6.35. The highest BCUT2D eigenvalue weighted by molar-refractivity contribution is 6.27. The van der Waals surface area contributed by atoms with E-state index in [-0.39, 0.29) is 23.6 Å². The molecule has 0 aromatic carbocycles. The van der Waals surface area contributed by atoms with Crippen LogP contribution in [-0.2, 0) is 9.53 Å². The number of ether oxygens (including phenoxy) is 1. The van der Waals surface area contributed by atoms with Crippen LogP contribution in [0.2, 0.25) is 0 Å². The van der Waals surface area contributed by atoms with Gasteiger partial charge < -0.3 is 9.64 Å². The summed E-state index contributed by atoms with van der Waals surface area (Å²) >= 11 is 5.33. The second kappa shape index (κ2) is 8.98. The quantitative estimate of drug-likeness (QED) is 0.591. The zero-order valence-corrected chi connectivity index (χ0v) is 16.4. The second-order valence-electron chi connectivity index (χ2n) is 7.22. The normalized spacial score (nSPS) is 15.2. The first-order chi connectivity index (χ1) is 12.7. The number of nitrogens with one attached hydrogen (secondary N) is 2. The van der Waals surface area contributed by atoms with Crippen LogP contribution in [0.5, 0.6) is 0 Å². The summed E-state index contributed by atoms with van der Waals surface area (Å²) in [7, 11) is 0. The molecule has 1 aromatic rings. The minimum Gasteiger partial charge on any atom is -0.444 e. The molecular formula is C17H24ClN5O4. The van der Waals surface area contributed by atoms with Crippen molar-refractivity contribution in [1.82, 2.24) is 25.9 Å². The molecule has 1 aliphatic rings. The molecule has 0 spiro atoms. The Balaban J connectivity index is 1.87. The van der Waals surface area contributed by atoms with Crippen LogP contribution in [0.1, 0.15) is 55.7 Å². The lowest BCUT2D eigenvalue weighted by Gasteiger charge is -2.33. The number of halogens is 1. The molecule has 9 nitrogen and oxygen atoms in total. The molecule has 1 fully saturated rings. The number of hydrazine groups is 1. The molecule has 10 heteroatoms. The van der Waals surface area contributed by atoms with Crippen LogP contribution >= 0.6 is 11.6 Å². The Bertz CT molecular complexity index is 682. The van der Waals surface area contributed by atoms with E-state index >= 15 is 0 Å². The van der Waals surface area contributed by atoms with Gasteiger partial charge in [0.2, 0.25) is 0 Å². The van der Waals surface area contributed by atoms with Crippen molar-refractivity contribution in [2.45, 2.75) is 45.1 Å². The summed E-state index contributed by atoms with van der Waals surface area (Å²) in [6, 6.07) is 3.28. The van der Waals surface area contributed by atoms with Crippen LogP contribution in [0.25, 0.3) is 0 Å². The highest BCUT2D eigenvalue weighted by Crippen LogP contribution is 2.27. The van der Waals surface area contributed by atoms with Gasteiger partial charge in [-0.2, -0.15) is 5.10 Å². The SMILES string of the molecule is CC(C)(C)OC(=O)N1CCC(c2ccc(C(=O)NNC(=O)CCl)nn2)CC1. The number of likely N-dealkylation sites (tertiary alicyclic amines) is 1. The molecule has 2 rings (SSSR count). The van der Waals surface area contributed by atoms with Crippen LogP contribution in [0.15, 0.2) is 12.1 Å². The first-order valence-corrected chi connectivity index (χ1v) is 9.20. The van der Waals surface area contributed by atoms with Crippen molar-refractivity contribution in [3.8, 4) is 0 Å². The summed E-state index contributed by atoms with van der Waals surface area (Å²) in [6.45, 7) is 6.67. The number of carbonyl (C=O) groups excluding carboxylic acids is 3. The summed E-state index contributed by atoms with van der Waals surface area (Å²) in [5.41, 5.74) is 4.69. The highest BCUT2D eigenvalue weighted by atomic mass is 35.5. The molecule has 0 saturated carbocycles. The van der Waals surface area contributed by atoms with Crippen LogP contribution in [-0.4, -0.2) is 57.6 Å². The molecule has 0 radical (unpaired) electrons. The number of carbonyl (C=O) groups is 3. The van der Waals surface area contributed by atoms with Gasteiger partial charge in [-0.25, -0.2) is 4.79 Å². The molecule has 2 heterocycles. The fourth-order valence-electron chi connectivity index (χ4n) is 2.59. The van der Waals surface area contributed by atoms with Gasteiger partial charge in [0.25, 0.3) is 11.8 Å². The van der Waals surface area contributed by atoms with E-state index < -0.39 is 17.4 Å². The molecule has 27 heavy (non-hydrogen) atoms. The predicted molar refractivity (Wildman–Crippen MR) is 98.1 cm³/mol. The van der Waals surface area contributed by atoms with Crippen molar-refractivity contribution in [3.63, 3.8) is 0 Å². The lowest BCUT2D eigenvalue weighted by atomic mass is 9.93. The Morgan fingerprint density at radius 3 is 2.37 bits per heavy atom. The molecule has 2 N–H and O–H groups in total. The standard InChI is InChI=1S/C17H24ClN5O4/c1-17(2,3)27-16(26)23-8-6-11(7-9-23)12-4-5-13(20-19-12)15(25)22-21-14(24)10-18/h4-5,11H,6-10H2,1-3H3,(H,21,24)(H,22,25). The van der Waals surface area contributed by atoms with Gasteiger partial charge in [-0.15, -0.1) is 16.7 Å². The zero-order chi connectivity index (χ0) is 20.0. The van der Waals surface area contributed by atoms with E-state index in [0.717, 1.165) is 18.5 Å². The second-order valence-corrected chi connectivity index (χ2v) is 7.49. The minimum absolute atomic E-state index is 0.0832.